The van der Waals surface area contributed by atoms with Crippen molar-refractivity contribution in [1.82, 2.24) is 10.2 Å². The maximum absolute atomic E-state index is 12.8. The van der Waals surface area contributed by atoms with Gasteiger partial charge < -0.3 is 10.2 Å². The molecule has 0 radical (unpaired) electrons. The number of carbonyl (C=O) groups is 2. The van der Waals surface area contributed by atoms with Gasteiger partial charge in [0.25, 0.3) is 11.8 Å². The zero-order valence-corrected chi connectivity index (χ0v) is 16.7. The molecule has 4 heteroatoms. The van der Waals surface area contributed by atoms with E-state index in [1.165, 1.54) is 25.7 Å². The number of hydrogen-bond donors (Lipinski definition) is 1. The molecule has 0 saturated heterocycles. The zero-order valence-electron chi connectivity index (χ0n) is 16.7. The molecule has 2 aromatic carbocycles. The molecule has 28 heavy (non-hydrogen) atoms. The fraction of sp³-hybridized carbons (Fsp3) is 0.417. The molecule has 0 spiro atoms. The third kappa shape index (κ3) is 5.44. The Kier molecular flexibility index (Phi) is 7.24. The van der Waals surface area contributed by atoms with Gasteiger partial charge in [0.05, 0.1) is 0 Å². The molecule has 148 valence electrons. The molecular formula is C24H30N2O2. The summed E-state index contributed by atoms with van der Waals surface area (Å²) in [5.41, 5.74) is 2.34. The number of hydrogen-bond acceptors (Lipinski definition) is 2. The number of nitrogens with one attached hydrogen (secondary N) is 1. The van der Waals surface area contributed by atoms with Crippen LogP contribution >= 0.6 is 0 Å². The van der Waals surface area contributed by atoms with Crippen LogP contribution in [0.4, 0.5) is 0 Å². The molecular weight excluding hydrogens is 348 g/mol. The highest BCUT2D eigenvalue weighted by Gasteiger charge is 2.18. The molecule has 3 rings (SSSR count). The molecule has 2 amide bonds. The smallest absolute Gasteiger partial charge is 0.254 e. The van der Waals surface area contributed by atoms with E-state index in [0.717, 1.165) is 18.4 Å². The second-order valence-corrected chi connectivity index (χ2v) is 7.54. The second kappa shape index (κ2) is 10.1. The highest BCUT2D eigenvalue weighted by molar-refractivity contribution is 5.97. The van der Waals surface area contributed by atoms with Crippen LogP contribution in [0.2, 0.25) is 0 Å². The molecule has 0 unspecified atom stereocenters. The van der Waals surface area contributed by atoms with E-state index < -0.39 is 0 Å². The van der Waals surface area contributed by atoms with Crippen molar-refractivity contribution in [2.75, 3.05) is 6.54 Å². The summed E-state index contributed by atoms with van der Waals surface area (Å²) in [6.45, 7) is 3.20. The zero-order chi connectivity index (χ0) is 19.8. The molecule has 0 atom stereocenters. The summed E-state index contributed by atoms with van der Waals surface area (Å²) >= 11 is 0. The van der Waals surface area contributed by atoms with Crippen molar-refractivity contribution in [2.45, 2.75) is 58.0 Å². The first-order valence-electron chi connectivity index (χ1n) is 10.4. The van der Waals surface area contributed by atoms with Crippen molar-refractivity contribution in [1.29, 1.82) is 0 Å². The van der Waals surface area contributed by atoms with Gasteiger partial charge in [-0.15, -0.1) is 0 Å². The van der Waals surface area contributed by atoms with Gasteiger partial charge in [-0.3, -0.25) is 9.59 Å². The van der Waals surface area contributed by atoms with Crippen LogP contribution in [0.25, 0.3) is 0 Å². The van der Waals surface area contributed by atoms with Gasteiger partial charge in [-0.25, -0.2) is 0 Å². The van der Waals surface area contributed by atoms with Gasteiger partial charge >= 0.3 is 0 Å². The Bertz CT molecular complexity index is 763. The highest BCUT2D eigenvalue weighted by atomic mass is 16.2. The standard InChI is InChI=1S/C24H30N2O2/c1-2-26(18-19-10-6-5-7-11-19)24(28)21-16-14-20(15-17-21)23(27)25-22-12-8-3-4-9-13-22/h5-7,10-11,14-17,22H,2-4,8-9,12-13,18H2,1H3,(H,25,27). The third-order valence-electron chi connectivity index (χ3n) is 5.47. The third-order valence-corrected chi connectivity index (χ3v) is 5.47. The van der Waals surface area contributed by atoms with E-state index >= 15 is 0 Å². The van der Waals surface area contributed by atoms with Crippen molar-refractivity contribution >= 4 is 11.8 Å². The molecule has 4 nitrogen and oxygen atoms in total. The Morgan fingerprint density at radius 1 is 0.893 bits per heavy atom. The van der Waals surface area contributed by atoms with Gasteiger partial charge in [-0.05, 0) is 49.6 Å². The molecule has 1 fully saturated rings. The topological polar surface area (TPSA) is 49.4 Å². The fourth-order valence-electron chi connectivity index (χ4n) is 3.77. The maximum atomic E-state index is 12.8. The number of nitrogens with zero attached hydrogens (tertiary/aromatic N) is 1. The Labute approximate surface area is 167 Å². The van der Waals surface area contributed by atoms with Gasteiger partial charge in [0, 0.05) is 30.3 Å². The minimum atomic E-state index is -0.0393. The van der Waals surface area contributed by atoms with E-state index in [1.54, 1.807) is 24.3 Å². The van der Waals surface area contributed by atoms with E-state index in [2.05, 4.69) is 5.32 Å². The van der Waals surface area contributed by atoms with Crippen molar-refractivity contribution in [3.63, 3.8) is 0 Å². The minimum absolute atomic E-state index is 0.0120. The second-order valence-electron chi connectivity index (χ2n) is 7.54. The maximum Gasteiger partial charge on any atom is 0.254 e. The summed E-state index contributed by atoms with van der Waals surface area (Å²) in [6.07, 6.45) is 7.03. The number of rotatable bonds is 6. The van der Waals surface area contributed by atoms with E-state index in [0.29, 0.717) is 24.2 Å². The first kappa shape index (κ1) is 20.1. The van der Waals surface area contributed by atoms with Gasteiger partial charge in [0.15, 0.2) is 0 Å². The lowest BCUT2D eigenvalue weighted by Crippen LogP contribution is -2.34. The predicted octanol–water partition coefficient (Wildman–Crippen LogP) is 4.80. The highest BCUT2D eigenvalue weighted by Crippen LogP contribution is 2.18. The van der Waals surface area contributed by atoms with Crippen LogP contribution in [-0.2, 0) is 6.54 Å². The molecule has 1 aliphatic carbocycles. The SMILES string of the molecule is CCN(Cc1ccccc1)C(=O)c1ccc(C(=O)NC2CCCCCC2)cc1. The summed E-state index contributed by atoms with van der Waals surface area (Å²) in [7, 11) is 0. The van der Waals surface area contributed by atoms with Crippen LogP contribution in [-0.4, -0.2) is 29.3 Å². The normalized spacial score (nSPS) is 14.9. The Balaban J connectivity index is 1.62. The van der Waals surface area contributed by atoms with Crippen LogP contribution in [0.5, 0.6) is 0 Å². The monoisotopic (exact) mass is 378 g/mol. The van der Waals surface area contributed by atoms with Crippen molar-refractivity contribution in [3.8, 4) is 0 Å². The van der Waals surface area contributed by atoms with Gasteiger partial charge in [-0.2, -0.15) is 0 Å². The van der Waals surface area contributed by atoms with Crippen LogP contribution in [0.15, 0.2) is 54.6 Å². The molecule has 1 aliphatic rings. The molecule has 2 aromatic rings. The van der Waals surface area contributed by atoms with Gasteiger partial charge in [0.1, 0.15) is 0 Å². The number of carbonyl (C=O) groups excluding carboxylic acids is 2. The van der Waals surface area contributed by atoms with E-state index in [1.807, 2.05) is 42.2 Å². The summed E-state index contributed by atoms with van der Waals surface area (Å²) in [5, 5.41) is 3.16. The van der Waals surface area contributed by atoms with Gasteiger partial charge in [0.2, 0.25) is 0 Å². The molecule has 1 saturated carbocycles. The Morgan fingerprint density at radius 3 is 2.11 bits per heavy atom. The average molecular weight is 379 g/mol. The molecule has 0 aromatic heterocycles. The summed E-state index contributed by atoms with van der Waals surface area (Å²) < 4.78 is 0. The van der Waals surface area contributed by atoms with Gasteiger partial charge in [-0.1, -0.05) is 56.0 Å². The number of amides is 2. The molecule has 0 aliphatic heterocycles. The van der Waals surface area contributed by atoms with Crippen LogP contribution in [0, 0.1) is 0 Å². The molecule has 1 N–H and O–H groups in total. The Morgan fingerprint density at radius 2 is 1.50 bits per heavy atom. The lowest BCUT2D eigenvalue weighted by Gasteiger charge is -2.21. The quantitative estimate of drug-likeness (QED) is 0.734. The fourth-order valence-corrected chi connectivity index (χ4v) is 3.77. The van der Waals surface area contributed by atoms with E-state index in [-0.39, 0.29) is 17.9 Å². The number of benzene rings is 2. The lowest BCUT2D eigenvalue weighted by molar-refractivity contribution is 0.0752. The lowest BCUT2D eigenvalue weighted by atomic mass is 10.1. The largest absolute Gasteiger partial charge is 0.349 e. The van der Waals surface area contributed by atoms with E-state index in [9.17, 15) is 9.59 Å². The van der Waals surface area contributed by atoms with Crippen molar-refractivity contribution in [3.05, 3.63) is 71.3 Å². The van der Waals surface area contributed by atoms with Crippen molar-refractivity contribution in [2.24, 2.45) is 0 Å². The predicted molar refractivity (Wildman–Crippen MR) is 112 cm³/mol. The summed E-state index contributed by atoms with van der Waals surface area (Å²) in [6, 6.07) is 17.3. The molecule has 0 bridgehead atoms. The Hall–Kier alpha value is -2.62. The van der Waals surface area contributed by atoms with Crippen LogP contribution in [0.1, 0.15) is 71.7 Å². The minimum Gasteiger partial charge on any atom is -0.349 e. The first-order valence-corrected chi connectivity index (χ1v) is 10.4. The van der Waals surface area contributed by atoms with Crippen LogP contribution in [0.3, 0.4) is 0 Å². The summed E-state index contributed by atoms with van der Waals surface area (Å²) in [5.74, 6) is -0.0513. The average Bonchev–Trinajstić information content (AvgIpc) is 3.01. The first-order chi connectivity index (χ1) is 13.7. The van der Waals surface area contributed by atoms with E-state index in [4.69, 9.17) is 0 Å². The van der Waals surface area contributed by atoms with Crippen molar-refractivity contribution < 1.29 is 9.59 Å². The van der Waals surface area contributed by atoms with Crippen LogP contribution < -0.4 is 5.32 Å². The summed E-state index contributed by atoms with van der Waals surface area (Å²) in [4.78, 5) is 27.2. The molecule has 0 heterocycles.